The highest BCUT2D eigenvalue weighted by Gasteiger charge is 2.34. The molecule has 0 bridgehead atoms. The molecule has 1 saturated heterocycles. The van der Waals surface area contributed by atoms with Gasteiger partial charge >= 0.3 is 0 Å². The molecule has 1 unspecified atom stereocenters. The number of hydrogen-bond acceptors (Lipinski definition) is 4. The third-order valence-electron chi connectivity index (χ3n) is 3.99. The van der Waals surface area contributed by atoms with E-state index in [-0.39, 0.29) is 10.8 Å². The van der Waals surface area contributed by atoms with Crippen LogP contribution in [0.2, 0.25) is 0 Å². The number of likely N-dealkylation sites (tertiary alicyclic amines) is 1. The highest BCUT2D eigenvalue weighted by atomic mass is 32.2. The number of rotatable bonds is 3. The smallest absolute Gasteiger partial charge is 0.241 e. The summed E-state index contributed by atoms with van der Waals surface area (Å²) in [7, 11) is -3.68. The zero-order valence-corrected chi connectivity index (χ0v) is 13.3. The van der Waals surface area contributed by atoms with Crippen LogP contribution in [0.15, 0.2) is 23.1 Å². The largest absolute Gasteiger partial charge is 0.399 e. The topological polar surface area (TPSA) is 80.5 Å². The molecule has 21 heavy (non-hydrogen) atoms. The number of nitrogens with zero attached hydrogens (tertiary/aromatic N) is 1. The summed E-state index contributed by atoms with van der Waals surface area (Å²) in [5, 5.41) is -1.06. The molecule has 0 aliphatic carbocycles. The van der Waals surface area contributed by atoms with Crippen LogP contribution in [0.1, 0.15) is 31.7 Å². The lowest BCUT2D eigenvalue weighted by atomic mass is 10.1. The van der Waals surface area contributed by atoms with E-state index in [1.165, 1.54) is 13.0 Å². The molecule has 1 aliphatic heterocycles. The molecule has 6 heteroatoms. The fourth-order valence-corrected chi connectivity index (χ4v) is 4.25. The second-order valence-corrected chi connectivity index (χ2v) is 7.84. The highest BCUT2D eigenvalue weighted by molar-refractivity contribution is 7.92. The van der Waals surface area contributed by atoms with Crippen LogP contribution in [0.25, 0.3) is 0 Å². The number of amides is 1. The molecule has 1 heterocycles. The number of carbonyl (C=O) groups is 1. The molecule has 0 radical (unpaired) electrons. The summed E-state index contributed by atoms with van der Waals surface area (Å²) in [6.07, 6.45) is 2.99. The Morgan fingerprint density at radius 1 is 1.24 bits per heavy atom. The van der Waals surface area contributed by atoms with Crippen molar-refractivity contribution < 1.29 is 13.2 Å². The van der Waals surface area contributed by atoms with Crippen molar-refractivity contribution in [2.75, 3.05) is 18.8 Å². The highest BCUT2D eigenvalue weighted by Crippen LogP contribution is 2.24. The first-order chi connectivity index (χ1) is 9.84. The number of carbonyl (C=O) groups excluding carboxylic acids is 1. The van der Waals surface area contributed by atoms with E-state index in [0.29, 0.717) is 24.3 Å². The third-order valence-corrected chi connectivity index (χ3v) is 6.19. The van der Waals surface area contributed by atoms with E-state index < -0.39 is 15.1 Å². The van der Waals surface area contributed by atoms with Gasteiger partial charge in [-0.15, -0.1) is 0 Å². The van der Waals surface area contributed by atoms with Gasteiger partial charge in [-0.3, -0.25) is 4.79 Å². The van der Waals surface area contributed by atoms with Crippen molar-refractivity contribution in [3.63, 3.8) is 0 Å². The summed E-state index contributed by atoms with van der Waals surface area (Å²) in [6, 6.07) is 4.66. The summed E-state index contributed by atoms with van der Waals surface area (Å²) < 4.78 is 25.3. The van der Waals surface area contributed by atoms with Gasteiger partial charge in [0.15, 0.2) is 9.84 Å². The van der Waals surface area contributed by atoms with E-state index in [1.807, 2.05) is 0 Å². The molecule has 2 N–H and O–H groups in total. The van der Waals surface area contributed by atoms with E-state index in [2.05, 4.69) is 0 Å². The molecule has 0 aromatic heterocycles. The number of nitrogen functional groups attached to an aromatic ring is 1. The van der Waals surface area contributed by atoms with Gasteiger partial charge in [0.25, 0.3) is 0 Å². The molecular weight excluding hydrogens is 288 g/mol. The van der Waals surface area contributed by atoms with E-state index in [0.717, 1.165) is 19.3 Å². The predicted molar refractivity (Wildman–Crippen MR) is 82.7 cm³/mol. The summed E-state index contributed by atoms with van der Waals surface area (Å²) >= 11 is 0. The van der Waals surface area contributed by atoms with Gasteiger partial charge in [-0.2, -0.15) is 0 Å². The Bertz CT molecular complexity index is 634. The fraction of sp³-hybridized carbons (Fsp3) is 0.533. The van der Waals surface area contributed by atoms with Crippen LogP contribution in [0.4, 0.5) is 5.69 Å². The van der Waals surface area contributed by atoms with Crippen LogP contribution in [-0.2, 0) is 14.6 Å². The Hall–Kier alpha value is -1.56. The minimum absolute atomic E-state index is 0.189. The molecule has 1 aliphatic rings. The second-order valence-electron chi connectivity index (χ2n) is 5.60. The van der Waals surface area contributed by atoms with Gasteiger partial charge in [0, 0.05) is 18.8 Å². The quantitative estimate of drug-likeness (QED) is 0.863. The lowest BCUT2D eigenvalue weighted by Crippen LogP contribution is -2.44. The zero-order valence-electron chi connectivity index (χ0n) is 12.5. The first-order valence-corrected chi connectivity index (χ1v) is 8.77. The molecule has 1 aromatic rings. The van der Waals surface area contributed by atoms with Gasteiger partial charge in [0.2, 0.25) is 5.91 Å². The second kappa shape index (κ2) is 6.05. The third kappa shape index (κ3) is 3.20. The number of piperidine rings is 1. The first kappa shape index (κ1) is 15.8. The number of aryl methyl sites for hydroxylation is 1. The zero-order chi connectivity index (χ0) is 15.6. The minimum Gasteiger partial charge on any atom is -0.399 e. The van der Waals surface area contributed by atoms with Crippen molar-refractivity contribution in [2.45, 2.75) is 43.3 Å². The Balaban J connectivity index is 2.27. The SMILES string of the molecule is Cc1cc(N)ccc1S(=O)(=O)C(C)C(=O)N1CCCCC1. The molecule has 5 nitrogen and oxygen atoms in total. The lowest BCUT2D eigenvalue weighted by Gasteiger charge is -2.29. The van der Waals surface area contributed by atoms with Crippen molar-refractivity contribution in [2.24, 2.45) is 0 Å². The van der Waals surface area contributed by atoms with Crippen LogP contribution in [-0.4, -0.2) is 37.6 Å². The standard InChI is InChI=1S/C15H22N2O3S/c1-11-10-13(16)6-7-14(11)21(19,20)12(2)15(18)17-8-4-3-5-9-17/h6-7,10,12H,3-5,8-9,16H2,1-2H3. The van der Waals surface area contributed by atoms with E-state index >= 15 is 0 Å². The molecule has 116 valence electrons. The molecule has 2 rings (SSSR count). The van der Waals surface area contributed by atoms with Gasteiger partial charge in [0.05, 0.1) is 4.90 Å². The number of sulfone groups is 1. The Morgan fingerprint density at radius 3 is 2.43 bits per heavy atom. The Kier molecular flexibility index (Phi) is 4.56. The van der Waals surface area contributed by atoms with E-state index in [4.69, 9.17) is 5.73 Å². The average Bonchev–Trinajstić information content (AvgIpc) is 2.46. The molecule has 1 aromatic carbocycles. The number of nitrogens with two attached hydrogens (primary N) is 1. The van der Waals surface area contributed by atoms with Gasteiger partial charge < -0.3 is 10.6 Å². The van der Waals surface area contributed by atoms with Crippen LogP contribution >= 0.6 is 0 Å². The van der Waals surface area contributed by atoms with Gasteiger partial charge in [0.1, 0.15) is 5.25 Å². The van der Waals surface area contributed by atoms with E-state index in [1.54, 1.807) is 24.0 Å². The van der Waals surface area contributed by atoms with Gasteiger partial charge in [-0.25, -0.2) is 8.42 Å². The molecule has 1 atom stereocenters. The fourth-order valence-electron chi connectivity index (χ4n) is 2.69. The lowest BCUT2D eigenvalue weighted by molar-refractivity contribution is -0.131. The Labute approximate surface area is 126 Å². The predicted octanol–water partition coefficient (Wildman–Crippen LogP) is 1.75. The van der Waals surface area contributed by atoms with Crippen LogP contribution < -0.4 is 5.73 Å². The summed E-state index contributed by atoms with van der Waals surface area (Å²) in [5.74, 6) is -0.300. The molecule has 0 spiro atoms. The molecule has 1 fully saturated rings. The number of benzene rings is 1. The van der Waals surface area contributed by atoms with Crippen LogP contribution in [0, 0.1) is 6.92 Å². The molecule has 0 saturated carbocycles. The number of hydrogen-bond donors (Lipinski definition) is 1. The van der Waals surface area contributed by atoms with Crippen LogP contribution in [0.5, 0.6) is 0 Å². The Morgan fingerprint density at radius 2 is 1.86 bits per heavy atom. The maximum atomic E-state index is 12.7. The first-order valence-electron chi connectivity index (χ1n) is 7.23. The van der Waals surface area contributed by atoms with Crippen molar-refractivity contribution in [3.05, 3.63) is 23.8 Å². The van der Waals surface area contributed by atoms with Gasteiger partial charge in [-0.05, 0) is 56.9 Å². The van der Waals surface area contributed by atoms with Gasteiger partial charge in [-0.1, -0.05) is 0 Å². The summed E-state index contributed by atoms with van der Waals surface area (Å²) in [6.45, 7) is 4.47. The average molecular weight is 310 g/mol. The molecule has 1 amide bonds. The van der Waals surface area contributed by atoms with Crippen molar-refractivity contribution in [1.29, 1.82) is 0 Å². The minimum atomic E-state index is -3.68. The van der Waals surface area contributed by atoms with E-state index in [9.17, 15) is 13.2 Å². The molecular formula is C15H22N2O3S. The van der Waals surface area contributed by atoms with Crippen molar-refractivity contribution >= 4 is 21.4 Å². The van der Waals surface area contributed by atoms with Crippen LogP contribution in [0.3, 0.4) is 0 Å². The number of anilines is 1. The maximum absolute atomic E-state index is 12.7. The van der Waals surface area contributed by atoms with Crippen molar-refractivity contribution in [3.8, 4) is 0 Å². The monoisotopic (exact) mass is 310 g/mol. The summed E-state index contributed by atoms with van der Waals surface area (Å²) in [5.41, 5.74) is 6.75. The normalized spacial score (nSPS) is 17.5. The summed E-state index contributed by atoms with van der Waals surface area (Å²) in [4.78, 5) is 14.3. The maximum Gasteiger partial charge on any atom is 0.241 e. The van der Waals surface area contributed by atoms with Crippen molar-refractivity contribution in [1.82, 2.24) is 4.90 Å².